The number of amides is 3. The second kappa shape index (κ2) is 10.8. The first-order chi connectivity index (χ1) is 19.6. The fourth-order valence-corrected chi connectivity index (χ4v) is 6.80. The van der Waals surface area contributed by atoms with Gasteiger partial charge in [-0.2, -0.15) is 5.10 Å². The molecule has 0 spiro atoms. The van der Waals surface area contributed by atoms with Gasteiger partial charge >= 0.3 is 0 Å². The number of alkyl halides is 2. The average molecular weight is 568 g/mol. The molecule has 3 fully saturated rings. The van der Waals surface area contributed by atoms with Crippen molar-refractivity contribution in [3.63, 3.8) is 0 Å². The van der Waals surface area contributed by atoms with E-state index in [0.717, 1.165) is 36.8 Å². The molecule has 10 heteroatoms. The molecule has 1 unspecified atom stereocenters. The van der Waals surface area contributed by atoms with Gasteiger partial charge in [0.25, 0.3) is 11.8 Å². The molecule has 2 heterocycles. The van der Waals surface area contributed by atoms with Crippen LogP contribution in [0, 0.1) is 17.8 Å². The molecule has 1 aliphatic heterocycles. The van der Waals surface area contributed by atoms with Crippen molar-refractivity contribution in [2.45, 2.75) is 89.1 Å². The van der Waals surface area contributed by atoms with Crippen LogP contribution in [0.25, 0.3) is 0 Å². The molecule has 0 bridgehead atoms. The van der Waals surface area contributed by atoms with Crippen LogP contribution in [0.5, 0.6) is 0 Å². The molecule has 3 aliphatic carbocycles. The van der Waals surface area contributed by atoms with Crippen molar-refractivity contribution >= 4 is 23.4 Å². The summed E-state index contributed by atoms with van der Waals surface area (Å²) in [4.78, 5) is 41.9. The highest BCUT2D eigenvalue weighted by Gasteiger charge is 2.48. The number of benzene rings is 1. The van der Waals surface area contributed by atoms with Crippen molar-refractivity contribution in [3.05, 3.63) is 47.3 Å². The van der Waals surface area contributed by atoms with Gasteiger partial charge in [0.05, 0.1) is 5.92 Å². The second-order valence-electron chi connectivity index (χ2n) is 12.6. The number of nitrogens with zero attached hydrogens (tertiary/aromatic N) is 3. The highest BCUT2D eigenvalue weighted by Crippen LogP contribution is 2.51. The zero-order valence-corrected chi connectivity index (χ0v) is 23.7. The third-order valence-electron chi connectivity index (χ3n) is 9.27. The van der Waals surface area contributed by atoms with Crippen molar-refractivity contribution in [3.8, 4) is 0 Å². The first-order valence-electron chi connectivity index (χ1n) is 15.1. The molecule has 1 saturated heterocycles. The fourth-order valence-electron chi connectivity index (χ4n) is 6.80. The van der Waals surface area contributed by atoms with Crippen LogP contribution in [-0.2, 0) is 16.0 Å². The fraction of sp³-hybridized carbons (Fsp3) is 0.613. The van der Waals surface area contributed by atoms with E-state index in [0.29, 0.717) is 36.1 Å². The average Bonchev–Trinajstić information content (AvgIpc) is 3.86. The number of rotatable bonds is 9. The highest BCUT2D eigenvalue weighted by atomic mass is 19.3. The van der Waals surface area contributed by atoms with Gasteiger partial charge in [-0.15, -0.1) is 0 Å². The van der Waals surface area contributed by atoms with Gasteiger partial charge in [-0.05, 0) is 99.5 Å². The molecule has 4 aliphatic rings. The number of piperidine rings is 1. The smallest absolute Gasteiger partial charge is 0.270 e. The lowest BCUT2D eigenvalue weighted by Gasteiger charge is -2.33. The van der Waals surface area contributed by atoms with Crippen LogP contribution in [-0.4, -0.2) is 57.5 Å². The van der Waals surface area contributed by atoms with E-state index in [-0.39, 0.29) is 61.5 Å². The number of nitrogens with one attached hydrogen (secondary N) is 2. The summed E-state index contributed by atoms with van der Waals surface area (Å²) in [5, 5.41) is 10.4. The molecule has 3 amide bonds. The van der Waals surface area contributed by atoms with Gasteiger partial charge in [0.15, 0.2) is 0 Å². The Hall–Kier alpha value is -3.30. The Bertz CT molecular complexity index is 1310. The van der Waals surface area contributed by atoms with Crippen LogP contribution in [0.1, 0.15) is 92.4 Å². The van der Waals surface area contributed by atoms with Gasteiger partial charge in [0.2, 0.25) is 11.8 Å². The Balaban J connectivity index is 1.17. The molecule has 8 nitrogen and oxygen atoms in total. The van der Waals surface area contributed by atoms with Crippen LogP contribution >= 0.6 is 0 Å². The number of carbonyl (C=O) groups excluding carboxylic acids is 3. The number of halogens is 2. The van der Waals surface area contributed by atoms with Crippen molar-refractivity contribution < 1.29 is 23.2 Å². The molecule has 6 rings (SSSR count). The number of aromatic nitrogens is 2. The summed E-state index contributed by atoms with van der Waals surface area (Å²) in [7, 11) is 0. The highest BCUT2D eigenvalue weighted by molar-refractivity contribution is 6.01. The summed E-state index contributed by atoms with van der Waals surface area (Å²) < 4.78 is 28.9. The van der Waals surface area contributed by atoms with E-state index >= 15 is 0 Å². The molecule has 41 heavy (non-hydrogen) atoms. The minimum Gasteiger partial charge on any atom is -0.342 e. The van der Waals surface area contributed by atoms with Crippen molar-refractivity contribution in [2.24, 2.45) is 17.8 Å². The molecule has 2 atom stereocenters. The van der Waals surface area contributed by atoms with Gasteiger partial charge < -0.3 is 15.5 Å². The van der Waals surface area contributed by atoms with Crippen LogP contribution in [0.2, 0.25) is 0 Å². The maximum atomic E-state index is 13.8. The van der Waals surface area contributed by atoms with Gasteiger partial charge in [-0.1, -0.05) is 6.07 Å². The summed E-state index contributed by atoms with van der Waals surface area (Å²) in [5.74, 6) is -2.66. The Morgan fingerprint density at radius 1 is 1.00 bits per heavy atom. The molecule has 0 radical (unpaired) electrons. The van der Waals surface area contributed by atoms with Gasteiger partial charge in [-0.25, -0.2) is 8.78 Å². The molecule has 2 N–H and O–H groups in total. The predicted octanol–water partition coefficient (Wildman–Crippen LogP) is 4.92. The maximum Gasteiger partial charge on any atom is 0.270 e. The third-order valence-corrected chi connectivity index (χ3v) is 9.27. The third kappa shape index (κ3) is 5.88. The van der Waals surface area contributed by atoms with Gasteiger partial charge in [0.1, 0.15) is 11.7 Å². The predicted molar refractivity (Wildman–Crippen MR) is 150 cm³/mol. The summed E-state index contributed by atoms with van der Waals surface area (Å²) in [6, 6.07) is 6.65. The summed E-state index contributed by atoms with van der Waals surface area (Å²) >= 11 is 0. The Morgan fingerprint density at radius 2 is 1.68 bits per heavy atom. The van der Waals surface area contributed by atoms with Crippen molar-refractivity contribution in [1.29, 1.82) is 0 Å². The lowest BCUT2D eigenvalue weighted by atomic mass is 9.88. The normalized spacial score (nSPS) is 22.5. The van der Waals surface area contributed by atoms with Crippen molar-refractivity contribution in [2.75, 3.05) is 18.4 Å². The zero-order valence-electron chi connectivity index (χ0n) is 23.7. The number of likely N-dealkylation sites (tertiary alicyclic amines) is 1. The van der Waals surface area contributed by atoms with Gasteiger partial charge in [-0.3, -0.25) is 19.1 Å². The molecular formula is C31H39F2N5O3. The summed E-state index contributed by atoms with van der Waals surface area (Å²) in [6.07, 6.45) is 6.65. The van der Waals surface area contributed by atoms with E-state index in [1.165, 1.54) is 0 Å². The quantitative estimate of drug-likeness (QED) is 0.450. The largest absolute Gasteiger partial charge is 0.342 e. The van der Waals surface area contributed by atoms with E-state index in [2.05, 4.69) is 15.7 Å². The molecule has 1 aromatic heterocycles. The Labute approximate surface area is 239 Å². The van der Waals surface area contributed by atoms with E-state index in [1.807, 2.05) is 32.0 Å². The molecule has 2 aromatic rings. The maximum absolute atomic E-state index is 13.8. The lowest BCUT2D eigenvalue weighted by molar-refractivity contribution is -0.138. The monoisotopic (exact) mass is 567 g/mol. The minimum atomic E-state index is -2.69. The number of hydrogen-bond donors (Lipinski definition) is 2. The molecular weight excluding hydrogens is 528 g/mol. The van der Waals surface area contributed by atoms with E-state index in [9.17, 15) is 23.2 Å². The van der Waals surface area contributed by atoms with E-state index in [4.69, 9.17) is 0 Å². The minimum absolute atomic E-state index is 0.0127. The van der Waals surface area contributed by atoms with Crippen LogP contribution in [0.4, 0.5) is 14.5 Å². The number of aryl methyl sites for hydroxylation is 1. The number of fused-ring (bicyclic) bond motifs is 1. The zero-order chi connectivity index (χ0) is 28.9. The first-order valence-corrected chi connectivity index (χ1v) is 15.1. The van der Waals surface area contributed by atoms with Gasteiger partial charge in [0, 0.05) is 43.9 Å². The second-order valence-corrected chi connectivity index (χ2v) is 12.6. The van der Waals surface area contributed by atoms with E-state index in [1.54, 1.807) is 21.8 Å². The molecule has 1 aromatic carbocycles. The van der Waals surface area contributed by atoms with Crippen LogP contribution in [0.3, 0.4) is 0 Å². The topological polar surface area (TPSA) is 96.3 Å². The van der Waals surface area contributed by atoms with Crippen LogP contribution < -0.4 is 10.6 Å². The number of carbonyl (C=O) groups is 3. The Kier molecular flexibility index (Phi) is 7.36. The summed E-state index contributed by atoms with van der Waals surface area (Å²) in [5.41, 5.74) is 2.97. The number of anilines is 1. The molecule has 220 valence electrons. The summed E-state index contributed by atoms with van der Waals surface area (Å²) in [6.45, 7) is 4.09. The van der Waals surface area contributed by atoms with Crippen molar-refractivity contribution in [1.82, 2.24) is 20.0 Å². The first kappa shape index (κ1) is 27.8. The number of hydrogen-bond acceptors (Lipinski definition) is 4. The van der Waals surface area contributed by atoms with Crippen LogP contribution in [0.15, 0.2) is 30.5 Å². The SMILES string of the molecule is CC(C)n1nccc1C(=O)N[C@H](C(=O)Nc1ccc2c(c1)CCC2C(=O)N1CCC(F)(F)CC1)C(C1CC1)C1CC1. The molecule has 2 saturated carbocycles. The Morgan fingerprint density at radius 3 is 2.32 bits per heavy atom. The standard InChI is InChI=1S/C31H39F2N5O3/c1-18(2)38-25(11-14-34-38)28(39)36-27(26(19-3-4-19)20-5-6-20)29(40)35-22-8-10-23-21(17-22)7-9-24(23)30(41)37-15-12-31(32,33)13-16-37/h8,10-11,14,17-20,24,26-27H,3-7,9,12-13,15-16H2,1-2H3,(H,35,40)(H,36,39)/t24?,27-/m0/s1. The lowest BCUT2D eigenvalue weighted by Crippen LogP contribution is -2.50. The van der Waals surface area contributed by atoms with E-state index < -0.39 is 12.0 Å².